The summed E-state index contributed by atoms with van der Waals surface area (Å²) < 4.78 is 7.25. The smallest absolute Gasteiger partial charge is 0.230 e. The van der Waals surface area contributed by atoms with Gasteiger partial charge in [-0.25, -0.2) is 4.98 Å². The van der Waals surface area contributed by atoms with Gasteiger partial charge in [0.15, 0.2) is 10.8 Å². The van der Waals surface area contributed by atoms with Crippen LogP contribution in [0, 0.1) is 5.92 Å². The second-order valence-electron chi connectivity index (χ2n) is 9.21. The van der Waals surface area contributed by atoms with Crippen LogP contribution in [0.15, 0.2) is 29.4 Å². The number of hydrogen-bond acceptors (Lipinski definition) is 7. The summed E-state index contributed by atoms with van der Waals surface area (Å²) in [7, 11) is 1.64. The van der Waals surface area contributed by atoms with E-state index >= 15 is 0 Å². The van der Waals surface area contributed by atoms with E-state index in [1.54, 1.807) is 7.11 Å². The standard InChI is InChI=1S/C25H29N5O2S2/c1-14(2)22-27-24-21(18-10-5-15(3)11-19(18)34-24)23-28-29-25(30(22)23)33-13-20(31)26-12-16-6-8-17(32-4)9-7-16/h6-9,14-15H,5,10-13H2,1-4H3,(H,26,31). The lowest BCUT2D eigenvalue weighted by Crippen LogP contribution is -2.24. The van der Waals surface area contributed by atoms with E-state index in [0.29, 0.717) is 12.5 Å². The lowest BCUT2D eigenvalue weighted by Gasteiger charge is -2.17. The van der Waals surface area contributed by atoms with Gasteiger partial charge in [-0.1, -0.05) is 44.7 Å². The highest BCUT2D eigenvalue weighted by atomic mass is 32.2. The number of hydrogen-bond donors (Lipinski definition) is 1. The molecule has 1 aromatic carbocycles. The molecule has 1 amide bonds. The number of nitrogens with one attached hydrogen (secondary N) is 1. The van der Waals surface area contributed by atoms with Crippen LogP contribution in [0.3, 0.4) is 0 Å². The highest BCUT2D eigenvalue weighted by Gasteiger charge is 2.26. The summed E-state index contributed by atoms with van der Waals surface area (Å²) in [5, 5.41) is 13.9. The molecule has 9 heteroatoms. The van der Waals surface area contributed by atoms with Gasteiger partial charge in [0, 0.05) is 17.3 Å². The molecule has 7 nitrogen and oxygen atoms in total. The maximum atomic E-state index is 12.6. The fraction of sp³-hybridized carbons (Fsp3) is 0.440. The van der Waals surface area contributed by atoms with Gasteiger partial charge < -0.3 is 10.1 Å². The van der Waals surface area contributed by atoms with Crippen molar-refractivity contribution in [3.63, 3.8) is 0 Å². The molecule has 0 spiro atoms. The van der Waals surface area contributed by atoms with Crippen LogP contribution in [0.5, 0.6) is 5.75 Å². The molecule has 1 aliphatic carbocycles. The van der Waals surface area contributed by atoms with Crippen LogP contribution in [0.4, 0.5) is 0 Å². The summed E-state index contributed by atoms with van der Waals surface area (Å²) in [4.78, 5) is 20.1. The third kappa shape index (κ3) is 4.38. The average Bonchev–Trinajstić information content (AvgIpc) is 3.41. The Morgan fingerprint density at radius 3 is 2.82 bits per heavy atom. The molecule has 3 heterocycles. The molecule has 0 fully saturated rings. The van der Waals surface area contributed by atoms with Gasteiger partial charge in [0.25, 0.3) is 0 Å². The van der Waals surface area contributed by atoms with E-state index in [2.05, 4.69) is 40.7 Å². The maximum absolute atomic E-state index is 12.6. The number of nitrogens with zero attached hydrogens (tertiary/aromatic N) is 4. The second-order valence-corrected chi connectivity index (χ2v) is 11.2. The van der Waals surface area contributed by atoms with E-state index in [-0.39, 0.29) is 17.6 Å². The quantitative estimate of drug-likeness (QED) is 0.363. The Balaban J connectivity index is 1.38. The summed E-state index contributed by atoms with van der Waals surface area (Å²) in [6, 6.07) is 7.69. The fourth-order valence-electron chi connectivity index (χ4n) is 4.44. The third-order valence-electron chi connectivity index (χ3n) is 6.29. The van der Waals surface area contributed by atoms with E-state index in [4.69, 9.17) is 9.72 Å². The molecule has 1 atom stereocenters. The van der Waals surface area contributed by atoms with E-state index in [0.717, 1.165) is 51.0 Å². The van der Waals surface area contributed by atoms with Gasteiger partial charge in [0.2, 0.25) is 5.91 Å². The summed E-state index contributed by atoms with van der Waals surface area (Å²) >= 11 is 3.22. The van der Waals surface area contributed by atoms with Crippen LogP contribution in [-0.4, -0.2) is 38.4 Å². The van der Waals surface area contributed by atoms with Crippen molar-refractivity contribution in [2.24, 2.45) is 5.92 Å². The normalized spacial score (nSPS) is 15.7. The van der Waals surface area contributed by atoms with E-state index in [1.165, 1.54) is 28.6 Å². The van der Waals surface area contributed by atoms with Crippen LogP contribution in [0.1, 0.15) is 54.9 Å². The number of benzene rings is 1. The number of ether oxygens (including phenoxy) is 1. The zero-order chi connectivity index (χ0) is 23.8. The zero-order valence-corrected chi connectivity index (χ0v) is 21.6. The first-order chi connectivity index (χ1) is 16.4. The summed E-state index contributed by atoms with van der Waals surface area (Å²) in [6.07, 6.45) is 3.38. The fourth-order valence-corrected chi connectivity index (χ4v) is 6.60. The molecule has 0 saturated carbocycles. The van der Waals surface area contributed by atoms with Gasteiger partial charge in [0.05, 0.1) is 18.2 Å². The van der Waals surface area contributed by atoms with Gasteiger partial charge >= 0.3 is 0 Å². The molecular weight excluding hydrogens is 466 g/mol. The Morgan fingerprint density at radius 1 is 1.29 bits per heavy atom. The molecule has 1 aliphatic rings. The molecule has 0 radical (unpaired) electrons. The van der Waals surface area contributed by atoms with Crippen molar-refractivity contribution in [3.05, 3.63) is 46.1 Å². The van der Waals surface area contributed by atoms with Gasteiger partial charge in [0.1, 0.15) is 16.4 Å². The molecule has 1 unspecified atom stereocenters. The van der Waals surface area contributed by atoms with Crippen LogP contribution >= 0.6 is 23.1 Å². The Kier molecular flexibility index (Phi) is 6.48. The molecular formula is C25H29N5O2S2. The second kappa shape index (κ2) is 9.54. The molecule has 0 aliphatic heterocycles. The van der Waals surface area contributed by atoms with Crippen molar-refractivity contribution < 1.29 is 9.53 Å². The van der Waals surface area contributed by atoms with Crippen LogP contribution in [0.25, 0.3) is 15.9 Å². The molecule has 1 N–H and O–H groups in total. The Bertz CT molecular complexity index is 1340. The van der Waals surface area contributed by atoms with Crippen molar-refractivity contribution in [1.29, 1.82) is 0 Å². The van der Waals surface area contributed by atoms with Gasteiger partial charge in [-0.05, 0) is 48.4 Å². The van der Waals surface area contributed by atoms with Crippen molar-refractivity contribution in [2.45, 2.75) is 57.7 Å². The third-order valence-corrected chi connectivity index (χ3v) is 8.37. The van der Waals surface area contributed by atoms with Crippen molar-refractivity contribution in [3.8, 4) is 5.75 Å². The number of rotatable bonds is 7. The first-order valence-corrected chi connectivity index (χ1v) is 13.5. The minimum absolute atomic E-state index is 0.0420. The van der Waals surface area contributed by atoms with E-state index in [9.17, 15) is 4.79 Å². The van der Waals surface area contributed by atoms with E-state index < -0.39 is 0 Å². The zero-order valence-electron chi connectivity index (χ0n) is 19.9. The molecule has 0 bridgehead atoms. The van der Waals surface area contributed by atoms with Gasteiger partial charge in [-0.15, -0.1) is 21.5 Å². The minimum atomic E-state index is -0.0420. The number of fused-ring (bicyclic) bond motifs is 5. The lowest BCUT2D eigenvalue weighted by atomic mass is 9.89. The summed E-state index contributed by atoms with van der Waals surface area (Å²) in [6.45, 7) is 7.07. The molecule has 0 saturated heterocycles. The number of aryl methyl sites for hydroxylation is 1. The SMILES string of the molecule is COc1ccc(CNC(=O)CSc2nnc3c4c5c(sc4nc(C(C)C)n23)CC(C)CC5)cc1. The number of amides is 1. The first kappa shape index (κ1) is 23.1. The topological polar surface area (TPSA) is 81.4 Å². The van der Waals surface area contributed by atoms with Crippen LogP contribution in [-0.2, 0) is 24.2 Å². The summed E-state index contributed by atoms with van der Waals surface area (Å²) in [5.74, 6) is 2.89. The molecule has 178 valence electrons. The number of aromatic nitrogens is 4. The maximum Gasteiger partial charge on any atom is 0.230 e. The largest absolute Gasteiger partial charge is 0.497 e. The number of methoxy groups -OCH3 is 1. The first-order valence-electron chi connectivity index (χ1n) is 11.7. The monoisotopic (exact) mass is 495 g/mol. The molecule has 34 heavy (non-hydrogen) atoms. The lowest BCUT2D eigenvalue weighted by molar-refractivity contribution is -0.118. The van der Waals surface area contributed by atoms with Gasteiger partial charge in [-0.3, -0.25) is 9.20 Å². The Morgan fingerprint density at radius 2 is 2.09 bits per heavy atom. The predicted octanol–water partition coefficient (Wildman–Crippen LogP) is 5.00. The number of thiophene rings is 1. The van der Waals surface area contributed by atoms with Crippen molar-refractivity contribution >= 4 is 44.9 Å². The Labute approximate surface area is 207 Å². The number of carbonyl (C=O) groups is 1. The molecule has 3 aromatic heterocycles. The predicted molar refractivity (Wildman–Crippen MR) is 137 cm³/mol. The highest BCUT2D eigenvalue weighted by Crippen LogP contribution is 2.40. The van der Waals surface area contributed by atoms with Crippen molar-refractivity contribution in [1.82, 2.24) is 24.9 Å². The van der Waals surface area contributed by atoms with Gasteiger partial charge in [-0.2, -0.15) is 0 Å². The number of carbonyl (C=O) groups excluding carboxylic acids is 1. The number of thioether (sulfide) groups is 1. The highest BCUT2D eigenvalue weighted by molar-refractivity contribution is 7.99. The minimum Gasteiger partial charge on any atom is -0.497 e. The van der Waals surface area contributed by atoms with E-state index in [1.807, 2.05) is 35.6 Å². The molecule has 4 aromatic rings. The summed E-state index contributed by atoms with van der Waals surface area (Å²) in [5.41, 5.74) is 3.30. The average molecular weight is 496 g/mol. The van der Waals surface area contributed by atoms with Crippen LogP contribution < -0.4 is 10.1 Å². The Hall–Kier alpha value is -2.65. The van der Waals surface area contributed by atoms with Crippen LogP contribution in [0.2, 0.25) is 0 Å². The van der Waals surface area contributed by atoms with Crippen molar-refractivity contribution in [2.75, 3.05) is 12.9 Å². The molecule has 5 rings (SSSR count).